The molecule has 110 valence electrons. The predicted molar refractivity (Wildman–Crippen MR) is 79.5 cm³/mol. The molecule has 0 bridgehead atoms. The van der Waals surface area contributed by atoms with Crippen LogP contribution in [0, 0.1) is 24.0 Å². The van der Waals surface area contributed by atoms with Crippen molar-refractivity contribution in [3.05, 3.63) is 57.4 Å². The molecule has 1 atom stereocenters. The number of aryl methyl sites for hydroxylation is 2. The normalized spacial score (nSPS) is 12.0. The highest BCUT2D eigenvalue weighted by atomic mass is 16.6. The molecule has 0 saturated heterocycles. The molecule has 1 heterocycles. The monoisotopic (exact) mass is 287 g/mol. The Bertz CT molecular complexity index is 667. The molecule has 6 nitrogen and oxygen atoms in total. The van der Waals surface area contributed by atoms with Crippen LogP contribution >= 0.6 is 0 Å². The largest absolute Gasteiger partial charge is 0.455 e. The molecule has 0 spiro atoms. The van der Waals surface area contributed by atoms with Gasteiger partial charge in [0.1, 0.15) is 11.5 Å². The van der Waals surface area contributed by atoms with Crippen molar-refractivity contribution in [2.75, 3.05) is 0 Å². The van der Waals surface area contributed by atoms with Crippen LogP contribution in [0.25, 0.3) is 0 Å². The van der Waals surface area contributed by atoms with Crippen LogP contribution < -0.4 is 10.5 Å². The fourth-order valence-corrected chi connectivity index (χ4v) is 1.93. The highest BCUT2D eigenvalue weighted by Crippen LogP contribution is 2.31. The van der Waals surface area contributed by atoms with E-state index in [0.717, 1.165) is 5.69 Å². The summed E-state index contributed by atoms with van der Waals surface area (Å²) in [5.74, 6) is 1.14. The van der Waals surface area contributed by atoms with Crippen molar-refractivity contribution in [1.29, 1.82) is 0 Å². The predicted octanol–water partition coefficient (Wildman–Crippen LogP) is 3.42. The maximum Gasteiger partial charge on any atom is 0.272 e. The molecule has 0 fully saturated rings. The van der Waals surface area contributed by atoms with Crippen LogP contribution in [0.2, 0.25) is 0 Å². The Balaban J connectivity index is 2.27. The lowest BCUT2D eigenvalue weighted by atomic mass is 10.1. The SMILES string of the molecule is Cc1cc([N+](=O)[O-])c(C)cc1Oc1ccc(C(C)N)nc1. The first-order valence-corrected chi connectivity index (χ1v) is 6.53. The second-order valence-corrected chi connectivity index (χ2v) is 4.97. The lowest BCUT2D eigenvalue weighted by Crippen LogP contribution is -2.06. The van der Waals surface area contributed by atoms with E-state index in [0.29, 0.717) is 22.6 Å². The molecule has 2 rings (SSSR count). The Morgan fingerprint density at radius 1 is 1.29 bits per heavy atom. The van der Waals surface area contributed by atoms with E-state index in [1.54, 1.807) is 38.2 Å². The summed E-state index contributed by atoms with van der Waals surface area (Å²) in [4.78, 5) is 14.7. The van der Waals surface area contributed by atoms with Crippen molar-refractivity contribution in [3.63, 3.8) is 0 Å². The minimum Gasteiger partial charge on any atom is -0.455 e. The molecule has 0 aliphatic rings. The van der Waals surface area contributed by atoms with Gasteiger partial charge in [-0.2, -0.15) is 0 Å². The summed E-state index contributed by atoms with van der Waals surface area (Å²) >= 11 is 0. The molecule has 1 unspecified atom stereocenters. The van der Waals surface area contributed by atoms with E-state index < -0.39 is 4.92 Å². The molecule has 0 radical (unpaired) electrons. The Labute approximate surface area is 122 Å². The van der Waals surface area contributed by atoms with Crippen molar-refractivity contribution in [2.45, 2.75) is 26.8 Å². The molecule has 21 heavy (non-hydrogen) atoms. The van der Waals surface area contributed by atoms with E-state index in [1.807, 2.05) is 6.92 Å². The fraction of sp³-hybridized carbons (Fsp3) is 0.267. The van der Waals surface area contributed by atoms with Crippen molar-refractivity contribution in [2.24, 2.45) is 5.73 Å². The van der Waals surface area contributed by atoms with Gasteiger partial charge in [0.25, 0.3) is 5.69 Å². The topological polar surface area (TPSA) is 91.3 Å². The number of aromatic nitrogens is 1. The Kier molecular flexibility index (Phi) is 4.18. The fourth-order valence-electron chi connectivity index (χ4n) is 1.93. The van der Waals surface area contributed by atoms with Crippen LogP contribution in [0.4, 0.5) is 5.69 Å². The van der Waals surface area contributed by atoms with Gasteiger partial charge in [0.05, 0.1) is 16.8 Å². The van der Waals surface area contributed by atoms with Crippen LogP contribution in [-0.4, -0.2) is 9.91 Å². The summed E-state index contributed by atoms with van der Waals surface area (Å²) in [6.07, 6.45) is 1.59. The summed E-state index contributed by atoms with van der Waals surface area (Å²) in [5, 5.41) is 10.9. The van der Waals surface area contributed by atoms with Gasteiger partial charge in [-0.1, -0.05) is 0 Å². The minimum atomic E-state index is -0.398. The van der Waals surface area contributed by atoms with Gasteiger partial charge in [0.2, 0.25) is 0 Å². The van der Waals surface area contributed by atoms with Gasteiger partial charge in [-0.05, 0) is 44.5 Å². The summed E-state index contributed by atoms with van der Waals surface area (Å²) in [7, 11) is 0. The molecule has 1 aromatic heterocycles. The lowest BCUT2D eigenvalue weighted by molar-refractivity contribution is -0.385. The quantitative estimate of drug-likeness (QED) is 0.687. The smallest absolute Gasteiger partial charge is 0.272 e. The van der Waals surface area contributed by atoms with Gasteiger partial charge in [-0.3, -0.25) is 15.1 Å². The van der Waals surface area contributed by atoms with Crippen LogP contribution in [0.15, 0.2) is 30.5 Å². The van der Waals surface area contributed by atoms with E-state index in [1.165, 1.54) is 6.07 Å². The summed E-state index contributed by atoms with van der Waals surface area (Å²) in [6, 6.07) is 6.61. The molecular formula is C15H17N3O3. The summed E-state index contributed by atoms with van der Waals surface area (Å²) < 4.78 is 5.73. The highest BCUT2D eigenvalue weighted by molar-refractivity contribution is 5.50. The average Bonchev–Trinajstić information content (AvgIpc) is 2.42. The number of ether oxygens (including phenoxy) is 1. The van der Waals surface area contributed by atoms with E-state index in [-0.39, 0.29) is 11.7 Å². The molecular weight excluding hydrogens is 270 g/mol. The number of pyridine rings is 1. The first-order valence-electron chi connectivity index (χ1n) is 6.53. The zero-order valence-corrected chi connectivity index (χ0v) is 12.2. The van der Waals surface area contributed by atoms with Gasteiger partial charge in [-0.15, -0.1) is 0 Å². The summed E-state index contributed by atoms with van der Waals surface area (Å²) in [5.41, 5.74) is 7.86. The van der Waals surface area contributed by atoms with E-state index in [4.69, 9.17) is 10.5 Å². The highest BCUT2D eigenvalue weighted by Gasteiger charge is 2.14. The number of rotatable bonds is 4. The summed E-state index contributed by atoms with van der Waals surface area (Å²) in [6.45, 7) is 5.31. The van der Waals surface area contributed by atoms with Crippen molar-refractivity contribution >= 4 is 5.69 Å². The zero-order valence-electron chi connectivity index (χ0n) is 12.2. The third-order valence-electron chi connectivity index (χ3n) is 3.14. The second kappa shape index (κ2) is 5.88. The average molecular weight is 287 g/mol. The van der Waals surface area contributed by atoms with Crippen LogP contribution in [0.5, 0.6) is 11.5 Å². The Morgan fingerprint density at radius 2 is 2.00 bits per heavy atom. The standard InChI is InChI=1S/C15H17N3O3/c1-9-7-15(10(2)6-14(9)18(19)20)21-12-4-5-13(11(3)16)17-8-12/h4-8,11H,16H2,1-3H3. The molecule has 6 heteroatoms. The molecule has 0 aliphatic heterocycles. The van der Waals surface area contributed by atoms with Gasteiger partial charge in [0.15, 0.2) is 0 Å². The van der Waals surface area contributed by atoms with Crippen LogP contribution in [0.1, 0.15) is 29.8 Å². The Morgan fingerprint density at radius 3 is 2.52 bits per heavy atom. The maximum absolute atomic E-state index is 10.9. The van der Waals surface area contributed by atoms with Crippen molar-refractivity contribution in [3.8, 4) is 11.5 Å². The third kappa shape index (κ3) is 3.35. The van der Waals surface area contributed by atoms with Crippen LogP contribution in [0.3, 0.4) is 0 Å². The molecule has 0 amide bonds. The molecule has 2 N–H and O–H groups in total. The van der Waals surface area contributed by atoms with Gasteiger partial charge in [-0.25, -0.2) is 0 Å². The van der Waals surface area contributed by atoms with E-state index in [2.05, 4.69) is 4.98 Å². The van der Waals surface area contributed by atoms with Gasteiger partial charge in [0, 0.05) is 17.7 Å². The lowest BCUT2D eigenvalue weighted by Gasteiger charge is -2.11. The maximum atomic E-state index is 10.9. The molecule has 0 saturated carbocycles. The number of nitrogens with zero attached hydrogens (tertiary/aromatic N) is 2. The third-order valence-corrected chi connectivity index (χ3v) is 3.14. The zero-order chi connectivity index (χ0) is 15.6. The number of nitro groups is 1. The van der Waals surface area contributed by atoms with E-state index >= 15 is 0 Å². The van der Waals surface area contributed by atoms with Gasteiger partial charge < -0.3 is 10.5 Å². The number of nitro benzene ring substituents is 1. The first kappa shape index (κ1) is 14.9. The number of benzene rings is 1. The first-order chi connectivity index (χ1) is 9.88. The van der Waals surface area contributed by atoms with Crippen LogP contribution in [-0.2, 0) is 0 Å². The molecule has 0 aliphatic carbocycles. The van der Waals surface area contributed by atoms with E-state index in [9.17, 15) is 10.1 Å². The van der Waals surface area contributed by atoms with Gasteiger partial charge >= 0.3 is 0 Å². The molecule has 2 aromatic rings. The second-order valence-electron chi connectivity index (χ2n) is 4.97. The number of nitrogens with two attached hydrogens (primary N) is 1. The Hall–Kier alpha value is -2.47. The number of hydrogen-bond acceptors (Lipinski definition) is 5. The van der Waals surface area contributed by atoms with Crippen molar-refractivity contribution < 1.29 is 9.66 Å². The number of hydrogen-bond donors (Lipinski definition) is 1. The molecule has 1 aromatic carbocycles. The van der Waals surface area contributed by atoms with Crippen molar-refractivity contribution in [1.82, 2.24) is 4.98 Å². The minimum absolute atomic E-state index is 0.0882.